The molecule has 2 N–H and O–H groups in total. The van der Waals surface area contributed by atoms with Crippen molar-refractivity contribution in [3.63, 3.8) is 0 Å². The predicted octanol–water partition coefficient (Wildman–Crippen LogP) is 6.13. The van der Waals surface area contributed by atoms with Crippen molar-refractivity contribution in [2.75, 3.05) is 23.8 Å². The number of amides is 1. The second-order valence-corrected chi connectivity index (χ2v) is 7.71. The molecule has 0 bridgehead atoms. The number of para-hydroxylation sites is 1. The summed E-state index contributed by atoms with van der Waals surface area (Å²) in [5.74, 6) is 0.809. The lowest BCUT2D eigenvalue weighted by Crippen LogP contribution is -2.20. The quantitative estimate of drug-likeness (QED) is 0.379. The number of rotatable bonds is 9. The Morgan fingerprint density at radius 1 is 1.00 bits per heavy atom. The van der Waals surface area contributed by atoms with E-state index in [2.05, 4.69) is 26.6 Å². The maximum absolute atomic E-state index is 12.2. The van der Waals surface area contributed by atoms with Crippen LogP contribution in [0.15, 0.2) is 71.2 Å². The lowest BCUT2D eigenvalue weighted by Gasteiger charge is -2.14. The van der Waals surface area contributed by atoms with E-state index in [0.717, 1.165) is 15.7 Å². The maximum atomic E-state index is 12.2. The van der Waals surface area contributed by atoms with Gasteiger partial charge in [-0.1, -0.05) is 45.7 Å². The Labute approximate surface area is 189 Å². The fourth-order valence-corrected chi connectivity index (χ4v) is 3.16. The van der Waals surface area contributed by atoms with Gasteiger partial charge in [0.05, 0.1) is 17.3 Å². The monoisotopic (exact) mass is 488 g/mol. The second-order valence-electron chi connectivity index (χ2n) is 6.39. The molecule has 0 saturated heterocycles. The summed E-state index contributed by atoms with van der Waals surface area (Å²) in [5.41, 5.74) is 2.61. The Bertz CT molecular complexity index is 996. The van der Waals surface area contributed by atoms with E-state index >= 15 is 0 Å². The number of hydrogen-bond donors (Lipinski definition) is 2. The first-order valence-corrected chi connectivity index (χ1v) is 10.6. The lowest BCUT2D eigenvalue weighted by molar-refractivity contribution is -0.118. The van der Waals surface area contributed by atoms with E-state index in [4.69, 9.17) is 21.1 Å². The highest BCUT2D eigenvalue weighted by atomic mass is 79.9. The van der Waals surface area contributed by atoms with Gasteiger partial charge in [0, 0.05) is 16.7 Å². The largest absolute Gasteiger partial charge is 0.490 e. The zero-order valence-electron chi connectivity index (χ0n) is 16.5. The van der Waals surface area contributed by atoms with Crippen molar-refractivity contribution in [1.82, 2.24) is 0 Å². The van der Waals surface area contributed by atoms with Gasteiger partial charge in [0.25, 0.3) is 5.91 Å². The van der Waals surface area contributed by atoms with E-state index in [1.54, 1.807) is 24.3 Å². The Balaban J connectivity index is 1.60. The minimum Gasteiger partial charge on any atom is -0.490 e. The normalized spacial score (nSPS) is 10.4. The Morgan fingerprint density at radius 3 is 2.50 bits per heavy atom. The number of anilines is 2. The van der Waals surface area contributed by atoms with Crippen LogP contribution in [0.1, 0.15) is 12.5 Å². The van der Waals surface area contributed by atoms with Gasteiger partial charge in [0.15, 0.2) is 18.1 Å². The second kappa shape index (κ2) is 10.9. The third kappa shape index (κ3) is 6.40. The summed E-state index contributed by atoms with van der Waals surface area (Å²) in [6, 6.07) is 20.7. The molecule has 0 atom stereocenters. The number of nitrogens with one attached hydrogen (secondary N) is 2. The smallest absolute Gasteiger partial charge is 0.262 e. The van der Waals surface area contributed by atoms with Gasteiger partial charge in [-0.3, -0.25) is 4.79 Å². The molecule has 0 aromatic heterocycles. The van der Waals surface area contributed by atoms with Crippen LogP contribution < -0.4 is 20.1 Å². The highest BCUT2D eigenvalue weighted by Gasteiger charge is 2.11. The van der Waals surface area contributed by atoms with Crippen molar-refractivity contribution in [3.05, 3.63) is 81.8 Å². The molecule has 3 rings (SSSR count). The zero-order chi connectivity index (χ0) is 21.3. The van der Waals surface area contributed by atoms with Crippen LogP contribution in [0.25, 0.3) is 0 Å². The first kappa shape index (κ1) is 22.0. The van der Waals surface area contributed by atoms with Crippen molar-refractivity contribution < 1.29 is 14.3 Å². The molecular formula is C23H22BrClN2O3. The Kier molecular flexibility index (Phi) is 7.99. The van der Waals surface area contributed by atoms with Gasteiger partial charge in [-0.05, 0) is 61.0 Å². The average Bonchev–Trinajstić information content (AvgIpc) is 2.74. The molecule has 5 nitrogen and oxygen atoms in total. The number of benzene rings is 3. The minimum atomic E-state index is -0.300. The van der Waals surface area contributed by atoms with Crippen molar-refractivity contribution in [1.29, 1.82) is 0 Å². The van der Waals surface area contributed by atoms with E-state index in [0.29, 0.717) is 35.4 Å². The number of carbonyl (C=O) groups excluding carboxylic acids is 1. The van der Waals surface area contributed by atoms with E-state index in [-0.39, 0.29) is 12.5 Å². The minimum absolute atomic E-state index is 0.151. The van der Waals surface area contributed by atoms with Crippen LogP contribution in [0.4, 0.5) is 11.4 Å². The molecule has 0 spiro atoms. The molecule has 0 aliphatic carbocycles. The third-order valence-electron chi connectivity index (χ3n) is 4.16. The molecule has 0 unspecified atom stereocenters. The van der Waals surface area contributed by atoms with Crippen LogP contribution in [0.5, 0.6) is 11.5 Å². The molecule has 3 aromatic rings. The highest BCUT2D eigenvalue weighted by molar-refractivity contribution is 9.10. The van der Waals surface area contributed by atoms with Gasteiger partial charge in [0.2, 0.25) is 0 Å². The molecule has 1 amide bonds. The summed E-state index contributed by atoms with van der Waals surface area (Å²) in [7, 11) is 0. The van der Waals surface area contributed by atoms with Crippen LogP contribution in [0, 0.1) is 0 Å². The summed E-state index contributed by atoms with van der Waals surface area (Å²) in [4.78, 5) is 12.2. The molecule has 30 heavy (non-hydrogen) atoms. The number of hydrogen-bond acceptors (Lipinski definition) is 4. The SMILES string of the molecule is CCOc1cc(CNc2ccc(Br)cc2)ccc1OCC(=O)Nc1ccccc1Cl. The van der Waals surface area contributed by atoms with Gasteiger partial charge in [-0.2, -0.15) is 0 Å². The molecule has 0 saturated carbocycles. The van der Waals surface area contributed by atoms with Crippen molar-refractivity contribution in [2.45, 2.75) is 13.5 Å². The van der Waals surface area contributed by atoms with E-state index in [9.17, 15) is 4.79 Å². The van der Waals surface area contributed by atoms with Crippen molar-refractivity contribution in [3.8, 4) is 11.5 Å². The van der Waals surface area contributed by atoms with Crippen LogP contribution >= 0.6 is 27.5 Å². The van der Waals surface area contributed by atoms with E-state index < -0.39 is 0 Å². The number of carbonyl (C=O) groups is 1. The first-order valence-electron chi connectivity index (χ1n) is 9.47. The molecule has 0 aliphatic rings. The highest BCUT2D eigenvalue weighted by Crippen LogP contribution is 2.29. The molecule has 3 aromatic carbocycles. The molecule has 0 aliphatic heterocycles. The van der Waals surface area contributed by atoms with E-state index in [1.165, 1.54) is 0 Å². The van der Waals surface area contributed by atoms with Gasteiger partial charge in [0.1, 0.15) is 0 Å². The topological polar surface area (TPSA) is 59.6 Å². The molecule has 0 fully saturated rings. The van der Waals surface area contributed by atoms with Gasteiger partial charge >= 0.3 is 0 Å². The first-order chi connectivity index (χ1) is 14.5. The zero-order valence-corrected chi connectivity index (χ0v) is 18.8. The molecule has 156 valence electrons. The van der Waals surface area contributed by atoms with Crippen molar-refractivity contribution >= 4 is 44.8 Å². The lowest BCUT2D eigenvalue weighted by atomic mass is 10.2. The van der Waals surface area contributed by atoms with Crippen LogP contribution in [-0.2, 0) is 11.3 Å². The van der Waals surface area contributed by atoms with Gasteiger partial charge in [-0.25, -0.2) is 0 Å². The van der Waals surface area contributed by atoms with E-state index in [1.807, 2.05) is 49.4 Å². The summed E-state index contributed by atoms with van der Waals surface area (Å²) in [6.07, 6.45) is 0. The molecule has 0 radical (unpaired) electrons. The van der Waals surface area contributed by atoms with Crippen LogP contribution in [-0.4, -0.2) is 19.1 Å². The standard InChI is InChI=1S/C23H22BrClN2O3/c1-2-29-22-13-16(14-26-18-10-8-17(24)9-11-18)7-12-21(22)30-15-23(28)27-20-6-4-3-5-19(20)25/h3-13,26H,2,14-15H2,1H3,(H,27,28). The van der Waals surface area contributed by atoms with Crippen molar-refractivity contribution in [2.24, 2.45) is 0 Å². The average molecular weight is 490 g/mol. The summed E-state index contributed by atoms with van der Waals surface area (Å²) in [6.45, 7) is 2.88. The molecular weight excluding hydrogens is 468 g/mol. The number of halogens is 2. The summed E-state index contributed by atoms with van der Waals surface area (Å²) >= 11 is 9.50. The van der Waals surface area contributed by atoms with Crippen LogP contribution in [0.2, 0.25) is 5.02 Å². The molecule has 0 heterocycles. The third-order valence-corrected chi connectivity index (χ3v) is 5.01. The summed E-state index contributed by atoms with van der Waals surface area (Å²) in [5, 5.41) is 6.58. The Morgan fingerprint density at radius 2 is 1.77 bits per heavy atom. The fraction of sp³-hybridized carbons (Fsp3) is 0.174. The summed E-state index contributed by atoms with van der Waals surface area (Å²) < 4.78 is 12.4. The van der Waals surface area contributed by atoms with Gasteiger partial charge in [-0.15, -0.1) is 0 Å². The molecule has 7 heteroatoms. The number of ether oxygens (including phenoxy) is 2. The maximum Gasteiger partial charge on any atom is 0.262 e. The Hall–Kier alpha value is -2.70. The predicted molar refractivity (Wildman–Crippen MR) is 125 cm³/mol. The fourth-order valence-electron chi connectivity index (χ4n) is 2.71. The van der Waals surface area contributed by atoms with Gasteiger partial charge < -0.3 is 20.1 Å². The van der Waals surface area contributed by atoms with Crippen LogP contribution in [0.3, 0.4) is 0 Å².